The summed E-state index contributed by atoms with van der Waals surface area (Å²) in [4.78, 5) is 9.46. The van der Waals surface area contributed by atoms with Crippen molar-refractivity contribution in [1.29, 1.82) is 0 Å². The van der Waals surface area contributed by atoms with Gasteiger partial charge in [0.2, 0.25) is 10.0 Å². The van der Waals surface area contributed by atoms with Gasteiger partial charge in [0.25, 0.3) is 5.69 Å². The zero-order chi connectivity index (χ0) is 13.9. The van der Waals surface area contributed by atoms with Crippen molar-refractivity contribution in [3.63, 3.8) is 0 Å². The van der Waals surface area contributed by atoms with E-state index in [0.717, 1.165) is 18.2 Å². The molecule has 0 radical (unpaired) electrons. The number of sulfonamides is 1. The zero-order valence-electron chi connectivity index (χ0n) is 9.33. The first-order valence-electron chi connectivity index (χ1n) is 4.85. The third kappa shape index (κ3) is 3.64. The molecule has 0 bridgehead atoms. The van der Waals surface area contributed by atoms with Gasteiger partial charge in [0.1, 0.15) is 4.90 Å². The second kappa shape index (κ2) is 5.61. The van der Waals surface area contributed by atoms with Gasteiger partial charge in [-0.15, -0.1) is 0 Å². The molecule has 1 aromatic carbocycles. The minimum absolute atomic E-state index is 0.126. The Labute approximate surface area is 109 Å². The van der Waals surface area contributed by atoms with E-state index >= 15 is 0 Å². The number of hydrogen-bond donors (Lipinski definition) is 2. The summed E-state index contributed by atoms with van der Waals surface area (Å²) in [5.74, 6) is 0. The maximum atomic E-state index is 11.8. The molecule has 1 rings (SSSR count). The van der Waals surface area contributed by atoms with E-state index in [-0.39, 0.29) is 22.2 Å². The van der Waals surface area contributed by atoms with Crippen molar-refractivity contribution < 1.29 is 18.4 Å². The Kier molecular flexibility index (Phi) is 4.63. The lowest BCUT2D eigenvalue weighted by molar-refractivity contribution is -0.385. The predicted octanol–water partition coefficient (Wildman–Crippen LogP) is 0.907. The van der Waals surface area contributed by atoms with E-state index in [2.05, 4.69) is 4.72 Å². The minimum Gasteiger partial charge on any atom is -0.392 e. The molecule has 1 atom stereocenters. The SMILES string of the molecule is CC(O)CNS(=O)(=O)c1cc([N+](=O)[O-])ccc1Cl. The third-order valence-corrected chi connectivity index (χ3v) is 3.89. The van der Waals surface area contributed by atoms with Gasteiger partial charge < -0.3 is 5.11 Å². The Balaban J connectivity index is 3.15. The highest BCUT2D eigenvalue weighted by atomic mass is 35.5. The van der Waals surface area contributed by atoms with Crippen molar-refractivity contribution in [1.82, 2.24) is 4.72 Å². The molecule has 1 unspecified atom stereocenters. The number of halogens is 1. The van der Waals surface area contributed by atoms with Crippen LogP contribution >= 0.6 is 11.6 Å². The quantitative estimate of drug-likeness (QED) is 0.619. The lowest BCUT2D eigenvalue weighted by Gasteiger charge is -2.09. The molecule has 7 nitrogen and oxygen atoms in total. The van der Waals surface area contributed by atoms with Crippen molar-refractivity contribution in [2.75, 3.05) is 6.54 Å². The summed E-state index contributed by atoms with van der Waals surface area (Å²) in [7, 11) is -3.99. The Morgan fingerprint density at radius 2 is 2.17 bits per heavy atom. The summed E-state index contributed by atoms with van der Waals surface area (Å²) in [5, 5.41) is 19.4. The molecule has 0 heterocycles. The summed E-state index contributed by atoms with van der Waals surface area (Å²) < 4.78 is 25.7. The number of nitro groups is 1. The van der Waals surface area contributed by atoms with E-state index in [0.29, 0.717) is 0 Å². The highest BCUT2D eigenvalue weighted by Crippen LogP contribution is 2.25. The van der Waals surface area contributed by atoms with Crippen LogP contribution in [0.25, 0.3) is 0 Å². The van der Waals surface area contributed by atoms with Gasteiger partial charge in [-0.05, 0) is 13.0 Å². The molecule has 0 aliphatic rings. The average Bonchev–Trinajstić information content (AvgIpc) is 2.26. The van der Waals surface area contributed by atoms with Crippen LogP contribution in [-0.4, -0.2) is 31.1 Å². The van der Waals surface area contributed by atoms with E-state index in [1.807, 2.05) is 0 Å². The fourth-order valence-electron chi connectivity index (χ4n) is 1.12. The van der Waals surface area contributed by atoms with Gasteiger partial charge in [0.15, 0.2) is 0 Å². The maximum absolute atomic E-state index is 11.8. The van der Waals surface area contributed by atoms with Crippen molar-refractivity contribution in [3.8, 4) is 0 Å². The van der Waals surface area contributed by atoms with Gasteiger partial charge in [0.05, 0.1) is 16.0 Å². The van der Waals surface area contributed by atoms with E-state index in [4.69, 9.17) is 16.7 Å². The number of benzene rings is 1. The summed E-state index contributed by atoms with van der Waals surface area (Å²) in [6.07, 6.45) is -0.878. The van der Waals surface area contributed by atoms with E-state index < -0.39 is 21.1 Å². The zero-order valence-corrected chi connectivity index (χ0v) is 10.9. The van der Waals surface area contributed by atoms with E-state index in [9.17, 15) is 18.5 Å². The van der Waals surface area contributed by atoms with Crippen molar-refractivity contribution in [3.05, 3.63) is 33.3 Å². The second-order valence-corrected chi connectivity index (χ2v) is 5.72. The number of non-ortho nitro benzene ring substituents is 1. The summed E-state index contributed by atoms with van der Waals surface area (Å²) in [5.41, 5.74) is -0.378. The molecular weight excluding hydrogens is 284 g/mol. The Hall–Kier alpha value is -1.22. The Morgan fingerprint density at radius 3 is 2.67 bits per heavy atom. The molecule has 18 heavy (non-hydrogen) atoms. The van der Waals surface area contributed by atoms with Crippen LogP contribution in [0.2, 0.25) is 5.02 Å². The summed E-state index contributed by atoms with van der Waals surface area (Å²) >= 11 is 5.70. The molecule has 0 aliphatic heterocycles. The molecule has 0 aliphatic carbocycles. The first-order chi connectivity index (χ1) is 8.24. The predicted molar refractivity (Wildman–Crippen MR) is 65.0 cm³/mol. The van der Waals surface area contributed by atoms with Gasteiger partial charge in [-0.3, -0.25) is 10.1 Å². The van der Waals surface area contributed by atoms with Crippen molar-refractivity contribution >= 4 is 27.3 Å². The van der Waals surface area contributed by atoms with E-state index in [1.54, 1.807) is 0 Å². The number of hydrogen-bond acceptors (Lipinski definition) is 5. The molecule has 9 heteroatoms. The molecule has 0 saturated carbocycles. The first-order valence-corrected chi connectivity index (χ1v) is 6.72. The lowest BCUT2D eigenvalue weighted by Crippen LogP contribution is -2.30. The second-order valence-electron chi connectivity index (χ2n) is 3.57. The summed E-state index contributed by atoms with van der Waals surface area (Å²) in [6, 6.07) is 3.11. The number of rotatable bonds is 5. The van der Waals surface area contributed by atoms with Gasteiger partial charge in [-0.25, -0.2) is 13.1 Å². The topological polar surface area (TPSA) is 110 Å². The average molecular weight is 295 g/mol. The Morgan fingerprint density at radius 1 is 1.56 bits per heavy atom. The standard InChI is InChI=1S/C9H11ClN2O5S/c1-6(13)5-11-18(16,17)9-4-7(12(14)15)2-3-8(9)10/h2-4,6,11,13H,5H2,1H3. The monoisotopic (exact) mass is 294 g/mol. The number of nitrogens with one attached hydrogen (secondary N) is 1. The molecule has 0 spiro atoms. The third-order valence-electron chi connectivity index (χ3n) is 1.98. The number of aliphatic hydroxyl groups is 1. The van der Waals surface area contributed by atoms with Crippen LogP contribution in [0.3, 0.4) is 0 Å². The highest BCUT2D eigenvalue weighted by molar-refractivity contribution is 7.89. The van der Waals surface area contributed by atoms with Gasteiger partial charge in [0, 0.05) is 18.7 Å². The molecule has 1 aromatic rings. The van der Waals surface area contributed by atoms with Gasteiger partial charge >= 0.3 is 0 Å². The molecule has 0 fully saturated rings. The van der Waals surface area contributed by atoms with Crippen molar-refractivity contribution in [2.45, 2.75) is 17.9 Å². The molecule has 0 amide bonds. The normalized spacial score (nSPS) is 13.3. The maximum Gasteiger partial charge on any atom is 0.270 e. The van der Waals surface area contributed by atoms with E-state index in [1.165, 1.54) is 6.92 Å². The number of nitro benzene ring substituents is 1. The summed E-state index contributed by atoms with van der Waals surface area (Å²) in [6.45, 7) is 1.19. The van der Waals surface area contributed by atoms with Crippen LogP contribution in [0, 0.1) is 10.1 Å². The smallest absolute Gasteiger partial charge is 0.270 e. The number of aliphatic hydroxyl groups excluding tert-OH is 1. The highest BCUT2D eigenvalue weighted by Gasteiger charge is 2.21. The van der Waals surface area contributed by atoms with Crippen LogP contribution in [0.4, 0.5) is 5.69 Å². The van der Waals surface area contributed by atoms with Crippen LogP contribution in [0.5, 0.6) is 0 Å². The molecular formula is C9H11ClN2O5S. The fraction of sp³-hybridized carbons (Fsp3) is 0.333. The largest absolute Gasteiger partial charge is 0.392 e. The minimum atomic E-state index is -3.99. The van der Waals surface area contributed by atoms with Crippen molar-refractivity contribution in [2.24, 2.45) is 0 Å². The van der Waals surface area contributed by atoms with Gasteiger partial charge in [-0.2, -0.15) is 0 Å². The number of nitrogens with zero attached hydrogens (tertiary/aromatic N) is 1. The molecule has 100 valence electrons. The van der Waals surface area contributed by atoms with Crippen LogP contribution in [-0.2, 0) is 10.0 Å². The molecule has 2 N–H and O–H groups in total. The Bertz CT molecular complexity index is 558. The fourth-order valence-corrected chi connectivity index (χ4v) is 2.76. The van der Waals surface area contributed by atoms with Crippen LogP contribution in [0.15, 0.2) is 23.1 Å². The first kappa shape index (κ1) is 14.8. The van der Waals surface area contributed by atoms with Gasteiger partial charge in [-0.1, -0.05) is 11.6 Å². The molecule has 0 aromatic heterocycles. The van der Waals surface area contributed by atoms with Crippen LogP contribution in [0.1, 0.15) is 6.92 Å². The molecule has 0 saturated heterocycles. The lowest BCUT2D eigenvalue weighted by atomic mass is 10.3. The van der Waals surface area contributed by atoms with Crippen LogP contribution < -0.4 is 4.72 Å².